The minimum atomic E-state index is -0.741. The summed E-state index contributed by atoms with van der Waals surface area (Å²) in [6.45, 7) is 5.02. The lowest BCUT2D eigenvalue weighted by Gasteiger charge is -2.01. The summed E-state index contributed by atoms with van der Waals surface area (Å²) in [5.74, 6) is 0.638. The summed E-state index contributed by atoms with van der Waals surface area (Å²) in [5.41, 5.74) is 0. The molecule has 1 N–H and O–H groups in total. The Morgan fingerprint density at radius 3 is 2.29 bits per heavy atom. The molecule has 0 aliphatic rings. The standard InChI is InChI=1S/C5H11NO2S.C4H8O3S/c1-2-8-5(7)6-3-4-9;1-2-3-6-4(5)7-8/h9H,2-4H2,1H3,(H,6,7);8H,2-3H2,1H3. The van der Waals surface area contributed by atoms with Crippen molar-refractivity contribution in [2.24, 2.45) is 0 Å². The van der Waals surface area contributed by atoms with Gasteiger partial charge in [0, 0.05) is 25.2 Å². The maximum Gasteiger partial charge on any atom is 0.520 e. The highest BCUT2D eigenvalue weighted by Crippen LogP contribution is 1.88. The van der Waals surface area contributed by atoms with Gasteiger partial charge >= 0.3 is 12.2 Å². The van der Waals surface area contributed by atoms with Crippen LogP contribution in [-0.2, 0) is 13.7 Å². The van der Waals surface area contributed by atoms with Crippen LogP contribution in [0.25, 0.3) is 0 Å². The summed E-state index contributed by atoms with van der Waals surface area (Å²) >= 11 is 7.11. The zero-order valence-corrected chi connectivity index (χ0v) is 11.8. The highest BCUT2D eigenvalue weighted by Gasteiger charge is 1.96. The molecule has 102 valence electrons. The molecule has 0 aromatic heterocycles. The van der Waals surface area contributed by atoms with Crippen LogP contribution in [0.1, 0.15) is 20.3 Å². The molecule has 0 fully saturated rings. The third-order valence-corrected chi connectivity index (χ3v) is 1.53. The molecule has 8 heteroatoms. The summed E-state index contributed by atoms with van der Waals surface area (Å²) in [7, 11) is 0. The minimum absolute atomic E-state index is 0.369. The Hall–Kier alpha value is -0.760. The third kappa shape index (κ3) is 17.8. The van der Waals surface area contributed by atoms with Gasteiger partial charge in [0.05, 0.1) is 13.2 Å². The van der Waals surface area contributed by atoms with E-state index < -0.39 is 6.16 Å². The van der Waals surface area contributed by atoms with E-state index >= 15 is 0 Å². The average Bonchev–Trinajstić information content (AvgIpc) is 2.34. The number of alkyl carbamates (subject to hydrolysis) is 1. The highest BCUT2D eigenvalue weighted by molar-refractivity contribution is 7.80. The van der Waals surface area contributed by atoms with Gasteiger partial charge < -0.3 is 19.0 Å². The minimum Gasteiger partial charge on any atom is -0.450 e. The van der Waals surface area contributed by atoms with Crippen molar-refractivity contribution in [3.63, 3.8) is 0 Å². The second-order valence-corrected chi connectivity index (χ2v) is 3.19. The maximum atomic E-state index is 10.4. The molecular weight excluding hydrogens is 266 g/mol. The molecule has 0 rings (SSSR count). The molecule has 0 spiro atoms. The van der Waals surface area contributed by atoms with Crippen LogP contribution in [0.15, 0.2) is 0 Å². The van der Waals surface area contributed by atoms with Crippen molar-refractivity contribution in [1.29, 1.82) is 0 Å². The second-order valence-electron chi connectivity index (χ2n) is 2.56. The van der Waals surface area contributed by atoms with Gasteiger partial charge in [-0.1, -0.05) is 6.92 Å². The Morgan fingerprint density at radius 2 is 1.88 bits per heavy atom. The molecule has 0 atom stereocenters. The molecule has 0 saturated carbocycles. The fourth-order valence-electron chi connectivity index (χ4n) is 0.552. The van der Waals surface area contributed by atoms with E-state index in [1.54, 1.807) is 6.92 Å². The van der Waals surface area contributed by atoms with Crippen molar-refractivity contribution in [3.05, 3.63) is 0 Å². The molecule has 0 aliphatic heterocycles. The predicted octanol–water partition coefficient (Wildman–Crippen LogP) is 2.06. The molecule has 1 amide bonds. The van der Waals surface area contributed by atoms with Crippen LogP contribution in [0.2, 0.25) is 0 Å². The van der Waals surface area contributed by atoms with E-state index in [4.69, 9.17) is 0 Å². The summed E-state index contributed by atoms with van der Waals surface area (Å²) in [5, 5.41) is 2.50. The van der Waals surface area contributed by atoms with Crippen LogP contribution < -0.4 is 5.32 Å². The normalized spacial score (nSPS) is 8.47. The van der Waals surface area contributed by atoms with Gasteiger partial charge in [-0.2, -0.15) is 12.6 Å². The van der Waals surface area contributed by atoms with E-state index in [-0.39, 0.29) is 6.09 Å². The van der Waals surface area contributed by atoms with E-state index in [9.17, 15) is 9.59 Å². The Balaban J connectivity index is 0. The SMILES string of the molecule is CCCOC(=O)OS.CCOC(=O)NCCS. The van der Waals surface area contributed by atoms with E-state index in [0.717, 1.165) is 6.42 Å². The van der Waals surface area contributed by atoms with Crippen LogP contribution in [0.5, 0.6) is 0 Å². The second kappa shape index (κ2) is 15.2. The van der Waals surface area contributed by atoms with E-state index in [2.05, 4.69) is 44.5 Å². The number of nitrogens with one attached hydrogen (secondary N) is 1. The van der Waals surface area contributed by atoms with E-state index in [1.165, 1.54) is 0 Å². The van der Waals surface area contributed by atoms with Gasteiger partial charge in [-0.25, -0.2) is 9.59 Å². The molecule has 6 nitrogen and oxygen atoms in total. The molecule has 0 aromatic rings. The topological polar surface area (TPSA) is 73.9 Å². The van der Waals surface area contributed by atoms with Crippen molar-refractivity contribution in [2.45, 2.75) is 20.3 Å². The molecule has 0 unspecified atom stereocenters. The Kier molecular flexibility index (Phi) is 16.7. The van der Waals surface area contributed by atoms with Crippen LogP contribution >= 0.6 is 25.5 Å². The van der Waals surface area contributed by atoms with Crippen LogP contribution in [0.3, 0.4) is 0 Å². The number of rotatable bonds is 5. The fraction of sp³-hybridized carbons (Fsp3) is 0.778. The molecular formula is C9H19NO5S2. The quantitative estimate of drug-likeness (QED) is 0.409. The number of amides is 1. The average molecular weight is 285 g/mol. The number of hydrogen-bond donors (Lipinski definition) is 3. The number of carbonyl (C=O) groups is 2. The van der Waals surface area contributed by atoms with Crippen molar-refractivity contribution in [2.75, 3.05) is 25.5 Å². The number of thiol groups is 2. The van der Waals surface area contributed by atoms with Gasteiger partial charge in [0.15, 0.2) is 0 Å². The van der Waals surface area contributed by atoms with Crippen molar-refractivity contribution >= 4 is 37.8 Å². The molecule has 17 heavy (non-hydrogen) atoms. The van der Waals surface area contributed by atoms with Crippen molar-refractivity contribution in [3.8, 4) is 0 Å². The first-order chi connectivity index (χ1) is 8.12. The number of ether oxygens (including phenoxy) is 2. The maximum absolute atomic E-state index is 10.4. The van der Waals surface area contributed by atoms with Gasteiger partial charge in [0.2, 0.25) is 0 Å². The van der Waals surface area contributed by atoms with E-state index in [1.807, 2.05) is 6.92 Å². The lowest BCUT2D eigenvalue weighted by molar-refractivity contribution is 0.107. The summed E-state index contributed by atoms with van der Waals surface area (Å²) < 4.78 is 12.8. The smallest absolute Gasteiger partial charge is 0.450 e. The van der Waals surface area contributed by atoms with Crippen molar-refractivity contribution < 1.29 is 23.2 Å². The zero-order chi connectivity index (χ0) is 13.5. The van der Waals surface area contributed by atoms with Gasteiger partial charge in [-0.15, -0.1) is 0 Å². The first kappa shape index (κ1) is 18.6. The monoisotopic (exact) mass is 285 g/mol. The first-order valence-corrected chi connectivity index (χ1v) is 6.11. The Morgan fingerprint density at radius 1 is 1.24 bits per heavy atom. The van der Waals surface area contributed by atoms with Crippen molar-refractivity contribution in [1.82, 2.24) is 5.32 Å². The largest absolute Gasteiger partial charge is 0.520 e. The van der Waals surface area contributed by atoms with E-state index in [0.29, 0.717) is 25.5 Å². The molecule has 0 bridgehead atoms. The predicted molar refractivity (Wildman–Crippen MR) is 70.6 cm³/mol. The van der Waals surface area contributed by atoms with Crippen LogP contribution in [-0.4, -0.2) is 37.8 Å². The highest BCUT2D eigenvalue weighted by atomic mass is 32.1. The molecule has 0 radical (unpaired) electrons. The number of carbonyl (C=O) groups excluding carboxylic acids is 2. The lowest BCUT2D eigenvalue weighted by atomic mass is 10.5. The van der Waals surface area contributed by atoms with Crippen LogP contribution in [0.4, 0.5) is 9.59 Å². The molecule has 0 heterocycles. The molecule has 0 aromatic carbocycles. The van der Waals surface area contributed by atoms with Crippen LogP contribution in [0, 0.1) is 0 Å². The Bertz CT molecular complexity index is 204. The fourth-order valence-corrected chi connectivity index (χ4v) is 0.716. The summed E-state index contributed by atoms with van der Waals surface area (Å²) in [6.07, 6.45) is -0.315. The zero-order valence-electron chi connectivity index (χ0n) is 9.97. The van der Waals surface area contributed by atoms with Gasteiger partial charge in [-0.3, -0.25) is 0 Å². The van der Waals surface area contributed by atoms with Gasteiger partial charge in [-0.05, 0) is 13.3 Å². The summed E-state index contributed by atoms with van der Waals surface area (Å²) in [6, 6.07) is 0. The molecule has 0 saturated heterocycles. The van der Waals surface area contributed by atoms with Gasteiger partial charge in [0.1, 0.15) is 0 Å². The summed E-state index contributed by atoms with van der Waals surface area (Å²) in [4.78, 5) is 20.5. The number of hydrogen-bond acceptors (Lipinski definition) is 7. The molecule has 0 aliphatic carbocycles. The Labute approximate surface area is 112 Å². The van der Waals surface area contributed by atoms with Gasteiger partial charge in [0.25, 0.3) is 0 Å². The third-order valence-electron chi connectivity index (χ3n) is 1.16. The first-order valence-electron chi connectivity index (χ1n) is 5.11. The lowest BCUT2D eigenvalue weighted by Crippen LogP contribution is -2.25.